The molecule has 1 aromatic carbocycles. The predicted octanol–water partition coefficient (Wildman–Crippen LogP) is 3.85. The average molecular weight is 349 g/mol. The Kier molecular flexibility index (Phi) is 4.61. The maximum atomic E-state index is 12.9. The van der Waals surface area contributed by atoms with Gasteiger partial charge >= 0.3 is 0 Å². The summed E-state index contributed by atoms with van der Waals surface area (Å²) in [6.07, 6.45) is 5.75. The molecule has 0 saturated carbocycles. The first-order valence-corrected chi connectivity index (χ1v) is 9.11. The zero-order valence-electron chi connectivity index (χ0n) is 15.0. The molecule has 1 saturated heterocycles. The van der Waals surface area contributed by atoms with Crippen molar-refractivity contribution in [3.63, 3.8) is 0 Å². The predicted molar refractivity (Wildman–Crippen MR) is 99.1 cm³/mol. The Balaban J connectivity index is 1.45. The van der Waals surface area contributed by atoms with Gasteiger partial charge in [0.05, 0.1) is 6.54 Å². The fraction of sp³-hybridized carbons (Fsp3) is 0.333. The van der Waals surface area contributed by atoms with Gasteiger partial charge in [-0.05, 0) is 43.5 Å². The molecule has 2 aromatic heterocycles. The highest BCUT2D eigenvalue weighted by Gasteiger charge is 2.27. The largest absolute Gasteiger partial charge is 0.454 e. The van der Waals surface area contributed by atoms with Crippen LogP contribution < -0.4 is 0 Å². The van der Waals surface area contributed by atoms with E-state index in [1.54, 1.807) is 16.9 Å². The average Bonchev–Trinajstić information content (AvgIpc) is 3.34. The summed E-state index contributed by atoms with van der Waals surface area (Å²) in [6, 6.07) is 14.1. The maximum Gasteiger partial charge on any atom is 0.289 e. The van der Waals surface area contributed by atoms with Crippen LogP contribution in [0.3, 0.4) is 0 Å². The molecule has 5 heteroatoms. The summed E-state index contributed by atoms with van der Waals surface area (Å²) in [5, 5.41) is 4.17. The molecule has 3 heterocycles. The number of rotatable bonds is 4. The van der Waals surface area contributed by atoms with E-state index < -0.39 is 0 Å². The number of nitrogens with zero attached hydrogens (tertiary/aromatic N) is 3. The van der Waals surface area contributed by atoms with Crippen molar-refractivity contribution in [1.82, 2.24) is 14.7 Å². The number of amides is 1. The Morgan fingerprint density at radius 2 is 2.19 bits per heavy atom. The molecule has 1 amide bonds. The van der Waals surface area contributed by atoms with Crippen LogP contribution in [0.2, 0.25) is 0 Å². The molecule has 1 atom stereocenters. The van der Waals surface area contributed by atoms with Gasteiger partial charge in [0.15, 0.2) is 5.76 Å². The minimum atomic E-state index is -0.0194. The van der Waals surface area contributed by atoms with Crippen LogP contribution in [0.4, 0.5) is 0 Å². The van der Waals surface area contributed by atoms with Gasteiger partial charge in [-0.3, -0.25) is 9.48 Å². The Bertz CT molecular complexity index is 882. The quantitative estimate of drug-likeness (QED) is 0.719. The van der Waals surface area contributed by atoms with Crippen molar-refractivity contribution in [1.29, 1.82) is 0 Å². The topological polar surface area (TPSA) is 51.3 Å². The number of carbonyl (C=O) groups is 1. The molecule has 134 valence electrons. The Hall–Kier alpha value is -2.82. The van der Waals surface area contributed by atoms with Gasteiger partial charge in [0, 0.05) is 31.4 Å². The van der Waals surface area contributed by atoms with Crippen LogP contribution in [0, 0.1) is 6.92 Å². The number of aromatic nitrogens is 2. The third-order valence-corrected chi connectivity index (χ3v) is 4.97. The summed E-state index contributed by atoms with van der Waals surface area (Å²) in [5.74, 6) is 1.53. The van der Waals surface area contributed by atoms with Crippen LogP contribution in [-0.2, 0) is 6.54 Å². The third kappa shape index (κ3) is 3.57. The Morgan fingerprint density at radius 3 is 3.00 bits per heavy atom. The first kappa shape index (κ1) is 16.6. The van der Waals surface area contributed by atoms with Gasteiger partial charge in [0.25, 0.3) is 5.91 Å². The monoisotopic (exact) mass is 349 g/mol. The molecule has 0 unspecified atom stereocenters. The maximum absolute atomic E-state index is 12.9. The molecule has 0 N–H and O–H groups in total. The smallest absolute Gasteiger partial charge is 0.289 e. The molecule has 0 spiro atoms. The molecule has 0 bridgehead atoms. The first-order valence-electron chi connectivity index (χ1n) is 9.11. The molecule has 1 aliphatic rings. The lowest BCUT2D eigenvalue weighted by atomic mass is 9.90. The normalized spacial score (nSPS) is 17.4. The summed E-state index contributed by atoms with van der Waals surface area (Å²) >= 11 is 0. The van der Waals surface area contributed by atoms with Crippen molar-refractivity contribution >= 4 is 5.91 Å². The van der Waals surface area contributed by atoms with Crippen molar-refractivity contribution in [2.45, 2.75) is 32.2 Å². The number of hydrogen-bond acceptors (Lipinski definition) is 3. The fourth-order valence-electron chi connectivity index (χ4n) is 3.65. The fourth-order valence-corrected chi connectivity index (χ4v) is 3.65. The second-order valence-corrected chi connectivity index (χ2v) is 6.97. The summed E-state index contributed by atoms with van der Waals surface area (Å²) in [4.78, 5) is 14.8. The van der Waals surface area contributed by atoms with Crippen LogP contribution in [-0.4, -0.2) is 33.7 Å². The summed E-state index contributed by atoms with van der Waals surface area (Å²) in [6.45, 7) is 4.18. The van der Waals surface area contributed by atoms with E-state index in [0.717, 1.165) is 31.7 Å². The number of hydrogen-bond donors (Lipinski definition) is 0. The van der Waals surface area contributed by atoms with Gasteiger partial charge in [-0.25, -0.2) is 0 Å². The summed E-state index contributed by atoms with van der Waals surface area (Å²) < 4.78 is 7.56. The second kappa shape index (κ2) is 7.20. The summed E-state index contributed by atoms with van der Waals surface area (Å²) in [7, 11) is 0. The molecule has 3 aromatic rings. The van der Waals surface area contributed by atoms with Gasteiger partial charge in [-0.2, -0.15) is 5.10 Å². The van der Waals surface area contributed by atoms with E-state index in [2.05, 4.69) is 36.3 Å². The number of piperidine rings is 1. The number of likely N-dealkylation sites (tertiary alicyclic amines) is 1. The Labute approximate surface area is 153 Å². The van der Waals surface area contributed by atoms with Gasteiger partial charge in [0.1, 0.15) is 5.76 Å². The van der Waals surface area contributed by atoms with E-state index in [1.807, 2.05) is 23.2 Å². The molecule has 1 aliphatic heterocycles. The lowest BCUT2D eigenvalue weighted by molar-refractivity contribution is 0.0672. The van der Waals surface area contributed by atoms with Crippen molar-refractivity contribution in [3.8, 4) is 0 Å². The van der Waals surface area contributed by atoms with Crippen LogP contribution in [0.5, 0.6) is 0 Å². The van der Waals surface area contributed by atoms with E-state index >= 15 is 0 Å². The second-order valence-electron chi connectivity index (χ2n) is 6.97. The van der Waals surface area contributed by atoms with Gasteiger partial charge < -0.3 is 9.32 Å². The molecule has 1 fully saturated rings. The van der Waals surface area contributed by atoms with E-state index in [1.165, 1.54) is 11.1 Å². The van der Waals surface area contributed by atoms with Crippen LogP contribution in [0.15, 0.2) is 59.3 Å². The number of furan rings is 1. The van der Waals surface area contributed by atoms with E-state index in [-0.39, 0.29) is 5.91 Å². The zero-order valence-corrected chi connectivity index (χ0v) is 15.0. The highest BCUT2D eigenvalue weighted by Crippen LogP contribution is 2.28. The number of carbonyl (C=O) groups excluding carboxylic acids is 1. The van der Waals surface area contributed by atoms with Crippen molar-refractivity contribution in [3.05, 3.63) is 77.5 Å². The summed E-state index contributed by atoms with van der Waals surface area (Å²) in [5.41, 5.74) is 2.58. The zero-order chi connectivity index (χ0) is 17.9. The SMILES string of the molecule is Cc1cccc([C@H]2CCCN(C(=O)c3ccc(Cn4cccn4)o3)C2)c1. The number of benzene rings is 1. The van der Waals surface area contributed by atoms with Crippen LogP contribution in [0.1, 0.15) is 46.2 Å². The molecule has 26 heavy (non-hydrogen) atoms. The van der Waals surface area contributed by atoms with E-state index in [0.29, 0.717) is 18.2 Å². The highest BCUT2D eigenvalue weighted by molar-refractivity contribution is 5.91. The van der Waals surface area contributed by atoms with E-state index in [4.69, 9.17) is 4.42 Å². The van der Waals surface area contributed by atoms with E-state index in [9.17, 15) is 4.79 Å². The lowest BCUT2D eigenvalue weighted by Crippen LogP contribution is -2.39. The van der Waals surface area contributed by atoms with Crippen LogP contribution >= 0.6 is 0 Å². The molecule has 4 rings (SSSR count). The minimum absolute atomic E-state index is 0.0194. The number of aryl methyl sites for hydroxylation is 1. The molecular formula is C21H23N3O2. The van der Waals surface area contributed by atoms with Crippen molar-refractivity contribution < 1.29 is 9.21 Å². The van der Waals surface area contributed by atoms with Gasteiger partial charge in [-0.15, -0.1) is 0 Å². The standard InChI is InChI=1S/C21H23N3O2/c1-16-5-2-6-17(13-16)18-7-3-11-23(14-18)21(25)20-9-8-19(26-20)15-24-12-4-10-22-24/h2,4-6,8-10,12-13,18H,3,7,11,14-15H2,1H3/t18-/m0/s1. The molecule has 0 radical (unpaired) electrons. The lowest BCUT2D eigenvalue weighted by Gasteiger charge is -2.32. The first-order chi connectivity index (χ1) is 12.7. The van der Waals surface area contributed by atoms with Crippen molar-refractivity contribution in [2.24, 2.45) is 0 Å². The third-order valence-electron chi connectivity index (χ3n) is 4.97. The van der Waals surface area contributed by atoms with Crippen LogP contribution in [0.25, 0.3) is 0 Å². The minimum Gasteiger partial charge on any atom is -0.454 e. The van der Waals surface area contributed by atoms with Crippen molar-refractivity contribution in [2.75, 3.05) is 13.1 Å². The Morgan fingerprint density at radius 1 is 1.27 bits per heavy atom. The highest BCUT2D eigenvalue weighted by atomic mass is 16.4. The molecule has 5 nitrogen and oxygen atoms in total. The van der Waals surface area contributed by atoms with Gasteiger partial charge in [0.2, 0.25) is 0 Å². The molecular weight excluding hydrogens is 326 g/mol. The molecule has 0 aliphatic carbocycles. The van der Waals surface area contributed by atoms with Gasteiger partial charge in [-0.1, -0.05) is 29.8 Å².